The molecule has 0 aliphatic heterocycles. The van der Waals surface area contributed by atoms with Crippen molar-refractivity contribution in [3.8, 4) is 0 Å². The van der Waals surface area contributed by atoms with Crippen molar-refractivity contribution in [2.75, 3.05) is 23.0 Å². The minimum Gasteiger partial charge on any atom is -0.376 e. The molecule has 9 heteroatoms. The van der Waals surface area contributed by atoms with Gasteiger partial charge in [0.2, 0.25) is 11.8 Å². The SMILES string of the molecule is Cc1ccccc1C(C(=O)NC1CCCCC1)N(C(=O)CNc1ccc(S(C)(=O)=O)cc1)c1cccc(F)c1. The van der Waals surface area contributed by atoms with Crippen LogP contribution in [-0.2, 0) is 19.4 Å². The highest BCUT2D eigenvalue weighted by Crippen LogP contribution is 2.31. The van der Waals surface area contributed by atoms with Crippen LogP contribution in [0.15, 0.2) is 77.7 Å². The molecule has 2 amide bonds. The van der Waals surface area contributed by atoms with Crippen LogP contribution >= 0.6 is 0 Å². The van der Waals surface area contributed by atoms with Crippen LogP contribution in [0, 0.1) is 12.7 Å². The number of halogens is 1. The van der Waals surface area contributed by atoms with Crippen LogP contribution in [0.3, 0.4) is 0 Å². The lowest BCUT2D eigenvalue weighted by Crippen LogP contribution is -2.48. The Bertz CT molecular complexity index is 1420. The Hall–Kier alpha value is -3.72. The highest BCUT2D eigenvalue weighted by Gasteiger charge is 2.35. The molecule has 0 saturated heterocycles. The topological polar surface area (TPSA) is 95.6 Å². The summed E-state index contributed by atoms with van der Waals surface area (Å²) in [5.41, 5.74) is 2.29. The Kier molecular flexibility index (Phi) is 9.01. The Morgan fingerprint density at radius 1 is 0.974 bits per heavy atom. The Morgan fingerprint density at radius 2 is 1.67 bits per heavy atom. The molecule has 3 aromatic rings. The van der Waals surface area contributed by atoms with Gasteiger partial charge in [0, 0.05) is 23.7 Å². The lowest BCUT2D eigenvalue weighted by atomic mass is 9.93. The lowest BCUT2D eigenvalue weighted by molar-refractivity contribution is -0.126. The third-order valence-electron chi connectivity index (χ3n) is 7.02. The van der Waals surface area contributed by atoms with E-state index in [0.717, 1.165) is 43.9 Å². The van der Waals surface area contributed by atoms with Crippen molar-refractivity contribution >= 4 is 33.0 Å². The number of amides is 2. The molecule has 0 spiro atoms. The molecule has 0 bridgehead atoms. The van der Waals surface area contributed by atoms with E-state index in [-0.39, 0.29) is 29.1 Å². The number of aryl methyl sites for hydroxylation is 1. The second-order valence-electron chi connectivity index (χ2n) is 10.00. The van der Waals surface area contributed by atoms with Gasteiger partial charge in [-0.15, -0.1) is 0 Å². The van der Waals surface area contributed by atoms with Gasteiger partial charge in [0.1, 0.15) is 11.9 Å². The molecule has 1 atom stereocenters. The fourth-order valence-electron chi connectivity index (χ4n) is 4.96. The summed E-state index contributed by atoms with van der Waals surface area (Å²) in [7, 11) is -3.36. The van der Waals surface area contributed by atoms with E-state index >= 15 is 0 Å². The van der Waals surface area contributed by atoms with Gasteiger partial charge in [0.05, 0.1) is 11.4 Å². The van der Waals surface area contributed by atoms with Gasteiger partial charge in [-0.2, -0.15) is 0 Å². The molecule has 1 fully saturated rings. The van der Waals surface area contributed by atoms with Gasteiger partial charge in [0.15, 0.2) is 9.84 Å². The van der Waals surface area contributed by atoms with Crippen molar-refractivity contribution in [2.24, 2.45) is 0 Å². The molecular formula is C30H34FN3O4S. The summed E-state index contributed by atoms with van der Waals surface area (Å²) in [6.45, 7) is 1.68. The van der Waals surface area contributed by atoms with Crippen LogP contribution < -0.4 is 15.5 Å². The number of benzene rings is 3. The van der Waals surface area contributed by atoms with Crippen molar-refractivity contribution < 1.29 is 22.4 Å². The average Bonchev–Trinajstić information content (AvgIpc) is 2.91. The maximum absolute atomic E-state index is 14.4. The summed E-state index contributed by atoms with van der Waals surface area (Å²) in [6.07, 6.45) is 6.09. The summed E-state index contributed by atoms with van der Waals surface area (Å²) < 4.78 is 37.9. The quantitative estimate of drug-likeness (QED) is 0.383. The predicted molar refractivity (Wildman–Crippen MR) is 151 cm³/mol. The number of carbonyl (C=O) groups is 2. The summed E-state index contributed by atoms with van der Waals surface area (Å²) in [5.74, 6) is -1.28. The van der Waals surface area contributed by atoms with E-state index in [4.69, 9.17) is 0 Å². The van der Waals surface area contributed by atoms with Crippen LogP contribution in [0.5, 0.6) is 0 Å². The summed E-state index contributed by atoms with van der Waals surface area (Å²) in [4.78, 5) is 29.3. The highest BCUT2D eigenvalue weighted by molar-refractivity contribution is 7.90. The average molecular weight is 552 g/mol. The second-order valence-corrected chi connectivity index (χ2v) is 12.0. The number of hydrogen-bond acceptors (Lipinski definition) is 5. The van der Waals surface area contributed by atoms with Crippen LogP contribution in [0.2, 0.25) is 0 Å². The minimum absolute atomic E-state index is 0.0220. The van der Waals surface area contributed by atoms with Crippen LogP contribution in [-0.4, -0.2) is 39.1 Å². The molecule has 1 unspecified atom stereocenters. The maximum atomic E-state index is 14.4. The van der Waals surface area contributed by atoms with Crippen LogP contribution in [0.4, 0.5) is 15.8 Å². The first-order valence-electron chi connectivity index (χ1n) is 13.1. The first-order valence-corrected chi connectivity index (χ1v) is 15.0. The molecule has 206 valence electrons. The molecular weight excluding hydrogens is 517 g/mol. The van der Waals surface area contributed by atoms with Gasteiger partial charge < -0.3 is 10.6 Å². The number of hydrogen-bond donors (Lipinski definition) is 2. The van der Waals surface area contributed by atoms with Crippen molar-refractivity contribution in [2.45, 2.75) is 56.0 Å². The fraction of sp³-hybridized carbons (Fsp3) is 0.333. The molecule has 7 nitrogen and oxygen atoms in total. The number of rotatable bonds is 9. The number of nitrogens with zero attached hydrogens (tertiary/aromatic N) is 1. The summed E-state index contributed by atoms with van der Waals surface area (Å²) in [5, 5.41) is 6.17. The zero-order chi connectivity index (χ0) is 28.0. The molecule has 39 heavy (non-hydrogen) atoms. The van der Waals surface area contributed by atoms with Crippen molar-refractivity contribution in [3.63, 3.8) is 0 Å². The lowest BCUT2D eigenvalue weighted by Gasteiger charge is -2.34. The van der Waals surface area contributed by atoms with Crippen LogP contribution in [0.25, 0.3) is 0 Å². The Balaban J connectivity index is 1.68. The smallest absolute Gasteiger partial charge is 0.248 e. The van der Waals surface area contributed by atoms with Gasteiger partial charge in [0.25, 0.3) is 0 Å². The van der Waals surface area contributed by atoms with Gasteiger partial charge in [-0.3, -0.25) is 14.5 Å². The van der Waals surface area contributed by atoms with E-state index in [9.17, 15) is 22.4 Å². The molecule has 4 rings (SSSR count). The third kappa shape index (κ3) is 7.23. The number of sulfone groups is 1. The van der Waals surface area contributed by atoms with Crippen LogP contribution in [0.1, 0.15) is 49.3 Å². The standard InChI is InChI=1S/C30H34FN3O4S/c1-21-9-6-7-14-27(21)29(30(36)33-24-11-4-3-5-12-24)34(25-13-8-10-22(31)19-25)28(35)20-32-23-15-17-26(18-16-23)39(2,37)38/h6-10,13-19,24,29,32H,3-5,11-12,20H2,1-2H3,(H,33,36). The first-order chi connectivity index (χ1) is 18.6. The monoisotopic (exact) mass is 551 g/mol. The zero-order valence-electron chi connectivity index (χ0n) is 22.2. The van der Waals surface area contributed by atoms with Gasteiger partial charge in [-0.05, 0) is 73.4 Å². The van der Waals surface area contributed by atoms with E-state index < -0.39 is 27.6 Å². The molecule has 1 aliphatic carbocycles. The molecule has 1 aliphatic rings. The fourth-order valence-corrected chi connectivity index (χ4v) is 5.59. The van der Waals surface area contributed by atoms with E-state index in [1.54, 1.807) is 18.2 Å². The molecule has 1 saturated carbocycles. The number of nitrogens with one attached hydrogen (secondary N) is 2. The number of anilines is 2. The van der Waals surface area contributed by atoms with Crippen molar-refractivity contribution in [1.29, 1.82) is 0 Å². The van der Waals surface area contributed by atoms with E-state index in [1.807, 2.05) is 31.2 Å². The largest absolute Gasteiger partial charge is 0.376 e. The predicted octanol–water partition coefficient (Wildman–Crippen LogP) is 5.17. The second kappa shape index (κ2) is 12.4. The summed E-state index contributed by atoms with van der Waals surface area (Å²) in [6, 6.07) is 18.1. The van der Waals surface area contributed by atoms with E-state index in [2.05, 4.69) is 10.6 Å². The molecule has 3 aromatic carbocycles. The molecule has 0 radical (unpaired) electrons. The molecule has 2 N–H and O–H groups in total. The highest BCUT2D eigenvalue weighted by atomic mass is 32.2. The third-order valence-corrected chi connectivity index (χ3v) is 8.15. The first kappa shape index (κ1) is 28.3. The van der Waals surface area contributed by atoms with Gasteiger partial charge in [-0.25, -0.2) is 12.8 Å². The van der Waals surface area contributed by atoms with E-state index in [0.29, 0.717) is 11.3 Å². The van der Waals surface area contributed by atoms with Crippen molar-refractivity contribution in [1.82, 2.24) is 5.32 Å². The van der Waals surface area contributed by atoms with E-state index in [1.165, 1.54) is 35.2 Å². The number of carbonyl (C=O) groups excluding carboxylic acids is 2. The molecule has 0 aromatic heterocycles. The summed E-state index contributed by atoms with van der Waals surface area (Å²) >= 11 is 0. The normalized spacial score (nSPS) is 14.8. The maximum Gasteiger partial charge on any atom is 0.248 e. The van der Waals surface area contributed by atoms with Gasteiger partial charge >= 0.3 is 0 Å². The zero-order valence-corrected chi connectivity index (χ0v) is 23.0. The Morgan fingerprint density at radius 3 is 2.31 bits per heavy atom. The van der Waals surface area contributed by atoms with Crippen molar-refractivity contribution in [3.05, 3.63) is 89.7 Å². The Labute approximate surface area is 229 Å². The molecule has 0 heterocycles. The minimum atomic E-state index is -3.36. The van der Waals surface area contributed by atoms with Gasteiger partial charge in [-0.1, -0.05) is 49.6 Å².